The maximum Gasteiger partial charge on any atom is 0.258 e. The van der Waals surface area contributed by atoms with Gasteiger partial charge in [0.25, 0.3) is 5.91 Å². The number of para-hydroxylation sites is 1. The fraction of sp³-hybridized carbons (Fsp3) is 0.591. The minimum atomic E-state index is -0.773. The molecule has 162 valence electrons. The number of hydrogen-bond acceptors (Lipinski definition) is 4. The lowest BCUT2D eigenvalue weighted by Gasteiger charge is -2.48. The van der Waals surface area contributed by atoms with Crippen molar-refractivity contribution in [2.24, 2.45) is 11.8 Å². The van der Waals surface area contributed by atoms with Crippen LogP contribution in [0.1, 0.15) is 43.0 Å². The summed E-state index contributed by atoms with van der Waals surface area (Å²) in [5.74, 6) is 1.15. The number of rotatable bonds is 2. The Hall–Kier alpha value is -2.12. The Morgan fingerprint density at radius 2 is 1.80 bits per heavy atom. The van der Waals surface area contributed by atoms with Crippen molar-refractivity contribution >= 4 is 35.8 Å². The molecule has 1 N–H and O–H groups in total. The van der Waals surface area contributed by atoms with E-state index in [9.17, 15) is 14.4 Å². The van der Waals surface area contributed by atoms with Crippen molar-refractivity contribution in [3.63, 3.8) is 0 Å². The molecule has 8 heteroatoms. The van der Waals surface area contributed by atoms with Crippen molar-refractivity contribution in [2.75, 3.05) is 37.6 Å². The molecular weight excluding hydrogens is 404 g/mol. The summed E-state index contributed by atoms with van der Waals surface area (Å²) in [7, 11) is 0. The van der Waals surface area contributed by atoms with Crippen molar-refractivity contribution in [2.45, 2.75) is 38.3 Å². The average molecular weight is 433 g/mol. The quantitative estimate of drug-likeness (QED) is 0.774. The van der Waals surface area contributed by atoms with Crippen LogP contribution in [0.25, 0.3) is 0 Å². The first-order valence-electron chi connectivity index (χ1n) is 10.7. The molecule has 0 aliphatic carbocycles. The molecule has 0 spiro atoms. The summed E-state index contributed by atoms with van der Waals surface area (Å²) >= 11 is 0. The van der Waals surface area contributed by atoms with Crippen molar-refractivity contribution in [1.82, 2.24) is 15.1 Å². The number of nitrogens with zero attached hydrogens (tertiary/aromatic N) is 3. The predicted molar refractivity (Wildman–Crippen MR) is 116 cm³/mol. The summed E-state index contributed by atoms with van der Waals surface area (Å²) in [4.78, 5) is 44.5. The summed E-state index contributed by atoms with van der Waals surface area (Å²) in [5.41, 5.74) is 0.399. The first-order valence-corrected chi connectivity index (χ1v) is 10.7. The van der Waals surface area contributed by atoms with Crippen molar-refractivity contribution in [3.8, 4) is 0 Å². The van der Waals surface area contributed by atoms with E-state index in [1.165, 1.54) is 0 Å². The van der Waals surface area contributed by atoms with Crippen LogP contribution in [0.4, 0.5) is 5.69 Å². The lowest BCUT2D eigenvalue weighted by molar-refractivity contribution is -0.133. The number of likely N-dealkylation sites (tertiary alicyclic amines) is 1. The van der Waals surface area contributed by atoms with Gasteiger partial charge in [-0.15, -0.1) is 12.4 Å². The molecule has 3 atom stereocenters. The zero-order chi connectivity index (χ0) is 20.2. The Bertz CT molecular complexity index is 864. The zero-order valence-corrected chi connectivity index (χ0v) is 18.1. The van der Waals surface area contributed by atoms with Crippen LogP contribution in [0.5, 0.6) is 0 Å². The van der Waals surface area contributed by atoms with Gasteiger partial charge in [-0.1, -0.05) is 12.1 Å². The van der Waals surface area contributed by atoms with Crippen LogP contribution < -0.4 is 10.2 Å². The minimum Gasteiger partial charge on any atom is -0.341 e. The zero-order valence-electron chi connectivity index (χ0n) is 17.3. The van der Waals surface area contributed by atoms with Crippen LogP contribution in [0.2, 0.25) is 0 Å². The maximum atomic E-state index is 13.3. The topological polar surface area (TPSA) is 73.0 Å². The van der Waals surface area contributed by atoms with Gasteiger partial charge < -0.3 is 15.1 Å². The molecule has 3 fully saturated rings. The number of anilines is 1. The van der Waals surface area contributed by atoms with Crippen molar-refractivity contribution < 1.29 is 14.4 Å². The molecule has 4 aliphatic heterocycles. The highest BCUT2D eigenvalue weighted by molar-refractivity contribution is 6.11. The number of carbonyl (C=O) groups is 3. The molecule has 0 aromatic heterocycles. The van der Waals surface area contributed by atoms with Crippen molar-refractivity contribution in [3.05, 3.63) is 29.8 Å². The molecular formula is C22H29ClN4O3. The number of halogens is 1. The second-order valence-corrected chi connectivity index (χ2v) is 8.99. The fourth-order valence-electron chi connectivity index (χ4n) is 5.64. The monoisotopic (exact) mass is 432 g/mol. The molecule has 7 nitrogen and oxygen atoms in total. The van der Waals surface area contributed by atoms with E-state index in [0.29, 0.717) is 35.9 Å². The Morgan fingerprint density at radius 1 is 1.13 bits per heavy atom. The first kappa shape index (κ1) is 21.1. The summed E-state index contributed by atoms with van der Waals surface area (Å²) < 4.78 is 0. The molecule has 0 saturated carbocycles. The van der Waals surface area contributed by atoms with Gasteiger partial charge in [-0.2, -0.15) is 0 Å². The number of benzene rings is 1. The normalized spacial score (nSPS) is 30.4. The second-order valence-electron chi connectivity index (χ2n) is 8.99. The van der Waals surface area contributed by atoms with E-state index >= 15 is 0 Å². The van der Waals surface area contributed by atoms with Gasteiger partial charge in [0.15, 0.2) is 0 Å². The standard InChI is InChI=1S/C22H28N4O3.ClH/c1-22-9-6-19(27)26(22)18-5-3-2-4-17(18)21(29)25(22)14-20(28)24-10-7-15-12-23-13-16(15)8-11-24;/h2-5,15-16,23H,6-14H2,1H3;1H/t15-,16+,22?;. The van der Waals surface area contributed by atoms with Gasteiger partial charge in [0.1, 0.15) is 12.2 Å². The summed E-state index contributed by atoms with van der Waals surface area (Å²) in [6.07, 6.45) is 2.97. The van der Waals surface area contributed by atoms with Gasteiger partial charge >= 0.3 is 0 Å². The Kier molecular flexibility index (Phi) is 5.53. The molecule has 0 bridgehead atoms. The molecule has 0 radical (unpaired) electrons. The van der Waals surface area contributed by atoms with Crippen LogP contribution in [-0.4, -0.2) is 65.9 Å². The molecule has 1 unspecified atom stereocenters. The highest BCUT2D eigenvalue weighted by Crippen LogP contribution is 2.44. The largest absolute Gasteiger partial charge is 0.341 e. The Balaban J connectivity index is 0.00000218. The predicted octanol–water partition coefficient (Wildman–Crippen LogP) is 1.87. The highest BCUT2D eigenvalue weighted by Gasteiger charge is 2.53. The number of hydrogen-bond donors (Lipinski definition) is 1. The van der Waals surface area contributed by atoms with Crippen LogP contribution in [0, 0.1) is 11.8 Å². The smallest absolute Gasteiger partial charge is 0.258 e. The summed E-state index contributed by atoms with van der Waals surface area (Å²) in [5, 5.41) is 3.46. The van der Waals surface area contributed by atoms with E-state index in [0.717, 1.165) is 39.0 Å². The minimum absolute atomic E-state index is 0. The average Bonchev–Trinajstić information content (AvgIpc) is 3.23. The molecule has 5 rings (SSSR count). The number of amides is 3. The lowest BCUT2D eigenvalue weighted by atomic mass is 9.92. The second kappa shape index (κ2) is 7.85. The van der Waals surface area contributed by atoms with E-state index in [2.05, 4.69) is 5.32 Å². The molecule has 1 aromatic rings. The fourth-order valence-corrected chi connectivity index (χ4v) is 5.64. The highest BCUT2D eigenvalue weighted by atomic mass is 35.5. The van der Waals surface area contributed by atoms with Crippen LogP contribution in [-0.2, 0) is 9.59 Å². The van der Waals surface area contributed by atoms with Crippen LogP contribution in [0.3, 0.4) is 0 Å². The van der Waals surface area contributed by atoms with E-state index in [1.54, 1.807) is 15.9 Å². The lowest BCUT2D eigenvalue weighted by Crippen LogP contribution is -2.64. The van der Waals surface area contributed by atoms with Crippen LogP contribution in [0.15, 0.2) is 24.3 Å². The van der Waals surface area contributed by atoms with Crippen LogP contribution >= 0.6 is 12.4 Å². The van der Waals surface area contributed by atoms with Gasteiger partial charge in [-0.25, -0.2) is 0 Å². The van der Waals surface area contributed by atoms with Gasteiger partial charge in [-0.3, -0.25) is 19.3 Å². The van der Waals surface area contributed by atoms with E-state index in [1.807, 2.05) is 30.0 Å². The van der Waals surface area contributed by atoms with Gasteiger partial charge in [0, 0.05) is 19.5 Å². The molecule has 4 heterocycles. The third-order valence-corrected chi connectivity index (χ3v) is 7.41. The summed E-state index contributed by atoms with van der Waals surface area (Å²) in [6, 6.07) is 7.24. The Morgan fingerprint density at radius 3 is 2.50 bits per heavy atom. The molecule has 3 amide bonds. The number of fused-ring (bicyclic) bond motifs is 4. The Labute approximate surface area is 183 Å². The van der Waals surface area contributed by atoms with E-state index < -0.39 is 5.66 Å². The third-order valence-electron chi connectivity index (χ3n) is 7.41. The molecule has 1 aromatic carbocycles. The molecule has 3 saturated heterocycles. The third kappa shape index (κ3) is 3.19. The van der Waals surface area contributed by atoms with Gasteiger partial charge in [0.05, 0.1) is 11.3 Å². The number of carbonyl (C=O) groups excluding carboxylic acids is 3. The van der Waals surface area contributed by atoms with E-state index in [4.69, 9.17) is 0 Å². The molecule has 30 heavy (non-hydrogen) atoms. The first-order chi connectivity index (χ1) is 14.0. The van der Waals surface area contributed by atoms with Gasteiger partial charge in [-0.05, 0) is 63.2 Å². The van der Waals surface area contributed by atoms with Gasteiger partial charge in [0.2, 0.25) is 11.8 Å². The molecule has 4 aliphatic rings. The van der Waals surface area contributed by atoms with Crippen molar-refractivity contribution in [1.29, 1.82) is 0 Å². The number of nitrogens with one attached hydrogen (secondary N) is 1. The SMILES string of the molecule is CC12CCC(=O)N1c1ccccc1C(=O)N2CC(=O)N1CC[C@@H]2CNC[C@@H]2CC1.Cl. The van der Waals surface area contributed by atoms with E-state index in [-0.39, 0.29) is 36.7 Å². The maximum absolute atomic E-state index is 13.3. The summed E-state index contributed by atoms with van der Waals surface area (Å²) in [6.45, 7) is 5.53.